The summed E-state index contributed by atoms with van der Waals surface area (Å²) in [5.74, 6) is -1.08. The fourth-order valence-electron chi connectivity index (χ4n) is 1.87. The van der Waals surface area contributed by atoms with E-state index in [1.54, 1.807) is 0 Å². The molecule has 2 aromatic rings. The number of carbonyl (C=O) groups excluding carboxylic acids is 1. The topological polar surface area (TPSA) is 125 Å². The first-order valence-corrected chi connectivity index (χ1v) is 6.41. The van der Waals surface area contributed by atoms with Gasteiger partial charge in [-0.25, -0.2) is 0 Å². The normalized spacial score (nSPS) is 9.91. The molecule has 0 saturated heterocycles. The molecule has 0 aliphatic rings. The smallest absolute Gasteiger partial charge is 0.282 e. The van der Waals surface area contributed by atoms with Crippen molar-refractivity contribution in [3.63, 3.8) is 0 Å². The minimum absolute atomic E-state index is 0.118. The fourth-order valence-corrected chi connectivity index (χ4v) is 1.87. The van der Waals surface area contributed by atoms with Crippen LogP contribution in [0.4, 0.5) is 5.69 Å². The molecule has 118 valence electrons. The van der Waals surface area contributed by atoms with E-state index in [2.05, 4.69) is 17.4 Å². The number of hydrazine groups is 1. The van der Waals surface area contributed by atoms with E-state index < -0.39 is 10.8 Å². The Balaban J connectivity index is 2.10. The van der Waals surface area contributed by atoms with Crippen molar-refractivity contribution in [3.8, 4) is 11.5 Å². The molecule has 8 heteroatoms. The van der Waals surface area contributed by atoms with Crippen LogP contribution in [-0.4, -0.2) is 21.0 Å². The Morgan fingerprint density at radius 2 is 1.78 bits per heavy atom. The van der Waals surface area contributed by atoms with Crippen LogP contribution in [0.25, 0.3) is 5.70 Å². The van der Waals surface area contributed by atoms with Gasteiger partial charge in [0, 0.05) is 17.7 Å². The zero-order valence-corrected chi connectivity index (χ0v) is 11.8. The molecule has 0 atom stereocenters. The van der Waals surface area contributed by atoms with Gasteiger partial charge in [-0.2, -0.15) is 0 Å². The van der Waals surface area contributed by atoms with E-state index in [0.717, 1.165) is 6.07 Å². The van der Waals surface area contributed by atoms with Crippen LogP contribution in [0.5, 0.6) is 11.5 Å². The van der Waals surface area contributed by atoms with E-state index in [9.17, 15) is 25.1 Å². The third-order valence-corrected chi connectivity index (χ3v) is 2.98. The van der Waals surface area contributed by atoms with Gasteiger partial charge in [0.05, 0.1) is 10.6 Å². The highest BCUT2D eigenvalue weighted by molar-refractivity contribution is 5.98. The van der Waals surface area contributed by atoms with E-state index in [1.165, 1.54) is 36.4 Å². The van der Waals surface area contributed by atoms with Crippen molar-refractivity contribution in [2.24, 2.45) is 0 Å². The van der Waals surface area contributed by atoms with Crippen molar-refractivity contribution < 1.29 is 19.9 Å². The third kappa shape index (κ3) is 3.56. The first kappa shape index (κ1) is 15.8. The molecule has 0 saturated carbocycles. The highest BCUT2D eigenvalue weighted by Crippen LogP contribution is 2.26. The average Bonchev–Trinajstić information content (AvgIpc) is 2.52. The maximum atomic E-state index is 12.0. The molecule has 0 radical (unpaired) electrons. The zero-order chi connectivity index (χ0) is 17.0. The molecule has 23 heavy (non-hydrogen) atoms. The number of phenolic OH excluding ortho intramolecular Hbond substituents is 2. The number of hydrogen-bond acceptors (Lipinski definition) is 6. The number of nitro benzene ring substituents is 1. The lowest BCUT2D eigenvalue weighted by Crippen LogP contribution is -2.36. The number of aromatic hydroxyl groups is 2. The van der Waals surface area contributed by atoms with Crippen molar-refractivity contribution in [3.05, 3.63) is 70.3 Å². The molecule has 2 rings (SSSR count). The summed E-state index contributed by atoms with van der Waals surface area (Å²) in [6.07, 6.45) is 0. The van der Waals surface area contributed by atoms with Gasteiger partial charge in [-0.1, -0.05) is 18.7 Å². The number of para-hydroxylation sites is 1. The number of rotatable bonds is 5. The second kappa shape index (κ2) is 6.48. The Morgan fingerprint density at radius 3 is 2.43 bits per heavy atom. The minimum Gasteiger partial charge on any atom is -0.508 e. The summed E-state index contributed by atoms with van der Waals surface area (Å²) in [6.45, 7) is 3.64. The summed E-state index contributed by atoms with van der Waals surface area (Å²) >= 11 is 0. The van der Waals surface area contributed by atoms with Crippen molar-refractivity contribution in [2.45, 2.75) is 0 Å². The molecule has 0 aliphatic heterocycles. The molecular formula is C15H13N3O5. The number of hydrogen-bond donors (Lipinski definition) is 4. The molecule has 0 bridgehead atoms. The average molecular weight is 315 g/mol. The van der Waals surface area contributed by atoms with E-state index >= 15 is 0 Å². The Bertz CT molecular complexity index is 788. The molecule has 0 fully saturated rings. The maximum absolute atomic E-state index is 12.0. The summed E-state index contributed by atoms with van der Waals surface area (Å²) < 4.78 is 0. The van der Waals surface area contributed by atoms with Crippen LogP contribution < -0.4 is 10.9 Å². The van der Waals surface area contributed by atoms with Crippen LogP contribution >= 0.6 is 0 Å². The number of nitro groups is 1. The van der Waals surface area contributed by atoms with Crippen molar-refractivity contribution in [1.29, 1.82) is 0 Å². The van der Waals surface area contributed by atoms with Gasteiger partial charge >= 0.3 is 0 Å². The third-order valence-electron chi connectivity index (χ3n) is 2.98. The molecule has 4 N–H and O–H groups in total. The summed E-state index contributed by atoms with van der Waals surface area (Å²) in [5.41, 5.74) is 4.69. The Morgan fingerprint density at radius 1 is 1.09 bits per heavy atom. The van der Waals surface area contributed by atoms with Gasteiger partial charge in [0.15, 0.2) is 0 Å². The van der Waals surface area contributed by atoms with Crippen molar-refractivity contribution in [2.75, 3.05) is 0 Å². The molecule has 0 aromatic heterocycles. The molecule has 0 aliphatic carbocycles. The van der Waals surface area contributed by atoms with Crippen molar-refractivity contribution in [1.82, 2.24) is 10.9 Å². The lowest BCUT2D eigenvalue weighted by atomic mass is 10.1. The zero-order valence-electron chi connectivity index (χ0n) is 11.8. The lowest BCUT2D eigenvalue weighted by Gasteiger charge is -2.12. The molecule has 0 heterocycles. The maximum Gasteiger partial charge on any atom is 0.282 e. The van der Waals surface area contributed by atoms with E-state index in [1.807, 2.05) is 0 Å². The Hall–Kier alpha value is -3.55. The minimum atomic E-state index is -0.725. The number of amides is 1. The van der Waals surface area contributed by atoms with Gasteiger partial charge < -0.3 is 10.2 Å². The van der Waals surface area contributed by atoms with Crippen LogP contribution in [0.15, 0.2) is 49.0 Å². The monoisotopic (exact) mass is 315 g/mol. The molecule has 0 unspecified atom stereocenters. The Kier molecular flexibility index (Phi) is 4.46. The van der Waals surface area contributed by atoms with Gasteiger partial charge in [-0.05, 0) is 18.2 Å². The van der Waals surface area contributed by atoms with E-state index in [-0.39, 0.29) is 34.0 Å². The summed E-state index contributed by atoms with van der Waals surface area (Å²) in [7, 11) is 0. The fraction of sp³-hybridized carbons (Fsp3) is 0. The molecule has 2 aromatic carbocycles. The summed E-state index contributed by atoms with van der Waals surface area (Å²) in [6, 6.07) is 9.35. The highest BCUT2D eigenvalue weighted by Gasteiger charge is 2.19. The number of phenols is 2. The number of benzene rings is 2. The highest BCUT2D eigenvalue weighted by atomic mass is 16.6. The number of carbonyl (C=O) groups is 1. The standard InChI is InChI=1S/C15H13N3O5/c1-9(11-7-6-10(19)8-14(11)20)16-17-15(21)12-4-2-3-5-13(12)18(22)23/h2-8,16,19-20H,1H2,(H,17,21). The van der Waals surface area contributed by atoms with Crippen LogP contribution in [0.1, 0.15) is 15.9 Å². The molecule has 8 nitrogen and oxygen atoms in total. The second-order valence-corrected chi connectivity index (χ2v) is 4.53. The van der Waals surface area contributed by atoms with Crippen LogP contribution in [-0.2, 0) is 0 Å². The predicted molar refractivity (Wildman–Crippen MR) is 82.5 cm³/mol. The lowest BCUT2D eigenvalue weighted by molar-refractivity contribution is -0.385. The van der Waals surface area contributed by atoms with Gasteiger partial charge in [0.25, 0.3) is 11.6 Å². The second-order valence-electron chi connectivity index (χ2n) is 4.53. The van der Waals surface area contributed by atoms with E-state index in [0.29, 0.717) is 0 Å². The number of nitrogens with one attached hydrogen (secondary N) is 2. The van der Waals surface area contributed by atoms with Crippen LogP contribution in [0.2, 0.25) is 0 Å². The summed E-state index contributed by atoms with van der Waals surface area (Å²) in [5, 5.41) is 29.8. The van der Waals surface area contributed by atoms with Crippen LogP contribution in [0, 0.1) is 10.1 Å². The number of nitrogens with zero attached hydrogens (tertiary/aromatic N) is 1. The molecule has 0 spiro atoms. The molecule has 1 amide bonds. The first-order valence-electron chi connectivity index (χ1n) is 6.41. The van der Waals surface area contributed by atoms with Gasteiger partial charge in [0.1, 0.15) is 17.1 Å². The Labute approximate surface area is 130 Å². The van der Waals surface area contributed by atoms with Crippen molar-refractivity contribution >= 4 is 17.3 Å². The van der Waals surface area contributed by atoms with Gasteiger partial charge in [0.2, 0.25) is 0 Å². The first-order chi connectivity index (χ1) is 10.9. The largest absolute Gasteiger partial charge is 0.508 e. The predicted octanol–water partition coefficient (Wildman–Crippen LogP) is 1.91. The van der Waals surface area contributed by atoms with Gasteiger partial charge in [-0.15, -0.1) is 0 Å². The van der Waals surface area contributed by atoms with Gasteiger partial charge in [-0.3, -0.25) is 25.8 Å². The quantitative estimate of drug-likeness (QED) is 0.493. The molecular weight excluding hydrogens is 302 g/mol. The van der Waals surface area contributed by atoms with Crippen LogP contribution in [0.3, 0.4) is 0 Å². The van der Waals surface area contributed by atoms with E-state index in [4.69, 9.17) is 0 Å². The SMILES string of the molecule is C=C(NNC(=O)c1ccccc1[N+](=O)[O-])c1ccc(O)cc1O. The summed E-state index contributed by atoms with van der Waals surface area (Å²) in [4.78, 5) is 22.3.